The van der Waals surface area contributed by atoms with E-state index >= 15 is 0 Å². The normalized spacial score (nSPS) is 13.5. The van der Waals surface area contributed by atoms with Crippen LogP contribution in [0, 0.1) is 12.7 Å². The Kier molecular flexibility index (Phi) is 6.26. The number of urea groups is 1. The van der Waals surface area contributed by atoms with Gasteiger partial charge in [-0.1, -0.05) is 12.1 Å². The lowest BCUT2D eigenvalue weighted by molar-refractivity contribution is 0.262. The van der Waals surface area contributed by atoms with Crippen molar-refractivity contribution < 1.29 is 9.18 Å². The van der Waals surface area contributed by atoms with Crippen molar-refractivity contribution >= 4 is 34.7 Å². The highest BCUT2D eigenvalue weighted by atomic mass is 19.1. The van der Waals surface area contributed by atoms with E-state index in [9.17, 15) is 9.18 Å². The summed E-state index contributed by atoms with van der Waals surface area (Å²) in [6.45, 7) is 3.93. The molecular weight excluding hydrogens is 395 g/mol. The van der Waals surface area contributed by atoms with E-state index in [-0.39, 0.29) is 5.69 Å². The summed E-state index contributed by atoms with van der Waals surface area (Å²) < 4.78 is 13.7. The first-order valence-corrected chi connectivity index (χ1v) is 10.4. The molecule has 7 nitrogen and oxygen atoms in total. The van der Waals surface area contributed by atoms with Gasteiger partial charge in [-0.15, -0.1) is 0 Å². The number of carbonyl (C=O) groups excluding carboxylic acids is 1. The zero-order chi connectivity index (χ0) is 21.6. The number of nitrogens with one attached hydrogen (secondary N) is 3. The minimum absolute atomic E-state index is 0.127. The van der Waals surface area contributed by atoms with Gasteiger partial charge in [0.05, 0.1) is 5.69 Å². The minimum Gasteiger partial charge on any atom is -0.356 e. The predicted molar refractivity (Wildman–Crippen MR) is 122 cm³/mol. The standard InChI is InChI=1S/C23H25FN6O/c1-16-25-21(15-22(26-16)30-13-5-2-6-14-30)27-17-9-11-18(12-10-17)28-23(31)29-20-8-4-3-7-19(20)24/h3-4,7-12,15H,2,5-6,13-14H2,1H3,(H,25,26,27)(H2,28,29,31). The van der Waals surface area contributed by atoms with Crippen molar-refractivity contribution in [1.82, 2.24) is 9.97 Å². The van der Waals surface area contributed by atoms with Crippen LogP contribution in [0.15, 0.2) is 54.6 Å². The Morgan fingerprint density at radius 3 is 2.39 bits per heavy atom. The van der Waals surface area contributed by atoms with Crippen LogP contribution < -0.4 is 20.9 Å². The lowest BCUT2D eigenvalue weighted by Crippen LogP contribution is -2.30. The molecule has 0 bridgehead atoms. The first-order valence-electron chi connectivity index (χ1n) is 10.4. The molecule has 1 aliphatic heterocycles. The number of benzene rings is 2. The average molecular weight is 420 g/mol. The minimum atomic E-state index is -0.511. The van der Waals surface area contributed by atoms with Crippen molar-refractivity contribution in [2.45, 2.75) is 26.2 Å². The molecule has 1 aliphatic rings. The fourth-order valence-corrected chi connectivity index (χ4v) is 3.53. The summed E-state index contributed by atoms with van der Waals surface area (Å²) in [7, 11) is 0. The number of carbonyl (C=O) groups is 1. The highest BCUT2D eigenvalue weighted by Crippen LogP contribution is 2.23. The summed E-state index contributed by atoms with van der Waals surface area (Å²) in [6.07, 6.45) is 3.64. The number of aromatic nitrogens is 2. The van der Waals surface area contributed by atoms with Crippen molar-refractivity contribution in [3.05, 3.63) is 66.2 Å². The van der Waals surface area contributed by atoms with Crippen LogP contribution in [0.1, 0.15) is 25.1 Å². The third-order valence-corrected chi connectivity index (χ3v) is 5.04. The van der Waals surface area contributed by atoms with Crippen molar-refractivity contribution in [3.63, 3.8) is 0 Å². The third-order valence-electron chi connectivity index (χ3n) is 5.04. The summed E-state index contributed by atoms with van der Waals surface area (Å²) in [5.74, 6) is 1.90. The molecule has 2 heterocycles. The SMILES string of the molecule is Cc1nc(Nc2ccc(NC(=O)Nc3ccccc3F)cc2)cc(N2CCCCC2)n1. The molecule has 8 heteroatoms. The number of para-hydroxylation sites is 1. The monoisotopic (exact) mass is 420 g/mol. The number of halogens is 1. The molecule has 0 atom stereocenters. The molecule has 0 aliphatic carbocycles. The Bertz CT molecular complexity index is 1050. The second kappa shape index (κ2) is 9.42. The Morgan fingerprint density at radius 2 is 1.65 bits per heavy atom. The average Bonchev–Trinajstić information content (AvgIpc) is 2.77. The van der Waals surface area contributed by atoms with Crippen molar-refractivity contribution in [2.24, 2.45) is 0 Å². The summed E-state index contributed by atoms with van der Waals surface area (Å²) in [6, 6.07) is 14.7. The maximum absolute atomic E-state index is 13.7. The van der Waals surface area contributed by atoms with Crippen LogP contribution in [0.5, 0.6) is 0 Å². The van der Waals surface area contributed by atoms with Crippen LogP contribution in [0.25, 0.3) is 0 Å². The van der Waals surface area contributed by atoms with E-state index in [0.717, 1.165) is 30.4 Å². The zero-order valence-electron chi connectivity index (χ0n) is 17.4. The molecular formula is C23H25FN6O. The van der Waals surface area contributed by atoms with E-state index in [2.05, 4.69) is 30.8 Å². The van der Waals surface area contributed by atoms with Gasteiger partial charge >= 0.3 is 6.03 Å². The van der Waals surface area contributed by atoms with Gasteiger partial charge in [0.1, 0.15) is 23.3 Å². The number of piperidine rings is 1. The highest BCUT2D eigenvalue weighted by Gasteiger charge is 2.14. The van der Waals surface area contributed by atoms with E-state index in [1.165, 1.54) is 31.4 Å². The highest BCUT2D eigenvalue weighted by molar-refractivity contribution is 5.99. The first kappa shape index (κ1) is 20.6. The number of rotatable bonds is 5. The number of hydrogen-bond donors (Lipinski definition) is 3. The molecule has 1 saturated heterocycles. The van der Waals surface area contributed by atoms with Gasteiger partial charge in [0, 0.05) is 30.5 Å². The molecule has 1 fully saturated rings. The van der Waals surface area contributed by atoms with Gasteiger partial charge in [-0.05, 0) is 62.6 Å². The van der Waals surface area contributed by atoms with E-state index in [1.54, 1.807) is 24.3 Å². The largest absolute Gasteiger partial charge is 0.356 e. The smallest absolute Gasteiger partial charge is 0.323 e. The van der Waals surface area contributed by atoms with Gasteiger partial charge < -0.3 is 20.9 Å². The fraction of sp³-hybridized carbons (Fsp3) is 0.261. The summed E-state index contributed by atoms with van der Waals surface area (Å²) in [5.41, 5.74) is 1.55. The first-order chi connectivity index (χ1) is 15.1. The summed E-state index contributed by atoms with van der Waals surface area (Å²) in [5, 5.41) is 8.48. The number of amides is 2. The Balaban J connectivity index is 1.39. The van der Waals surface area contributed by atoms with Crippen LogP contribution in [-0.4, -0.2) is 29.1 Å². The molecule has 2 aromatic carbocycles. The molecule has 160 valence electrons. The van der Waals surface area contributed by atoms with Gasteiger partial charge in [0.15, 0.2) is 0 Å². The molecule has 2 amide bonds. The lowest BCUT2D eigenvalue weighted by Gasteiger charge is -2.28. The number of aryl methyl sites for hydroxylation is 1. The van der Waals surface area contributed by atoms with Crippen LogP contribution in [-0.2, 0) is 0 Å². The molecule has 0 saturated carbocycles. The van der Waals surface area contributed by atoms with Crippen molar-refractivity contribution in [2.75, 3.05) is 33.9 Å². The van der Waals surface area contributed by atoms with Gasteiger partial charge in [0.2, 0.25) is 0 Å². The van der Waals surface area contributed by atoms with Crippen molar-refractivity contribution in [3.8, 4) is 0 Å². The van der Waals surface area contributed by atoms with E-state index in [4.69, 9.17) is 0 Å². The second-order valence-corrected chi connectivity index (χ2v) is 7.47. The molecule has 1 aromatic heterocycles. The molecule has 4 rings (SSSR count). The lowest BCUT2D eigenvalue weighted by atomic mass is 10.1. The zero-order valence-corrected chi connectivity index (χ0v) is 17.4. The molecule has 0 spiro atoms. The fourth-order valence-electron chi connectivity index (χ4n) is 3.53. The van der Waals surface area contributed by atoms with Crippen LogP contribution in [0.3, 0.4) is 0 Å². The topological polar surface area (TPSA) is 82.2 Å². The van der Waals surface area contributed by atoms with E-state index in [0.29, 0.717) is 11.5 Å². The van der Waals surface area contributed by atoms with E-state index in [1.807, 2.05) is 25.1 Å². The maximum Gasteiger partial charge on any atom is 0.323 e. The van der Waals surface area contributed by atoms with Crippen LogP contribution in [0.2, 0.25) is 0 Å². The predicted octanol–water partition coefficient (Wildman–Crippen LogP) is 5.30. The van der Waals surface area contributed by atoms with Crippen LogP contribution >= 0.6 is 0 Å². The summed E-state index contributed by atoms with van der Waals surface area (Å²) in [4.78, 5) is 23.5. The molecule has 31 heavy (non-hydrogen) atoms. The number of hydrogen-bond acceptors (Lipinski definition) is 5. The summed E-state index contributed by atoms with van der Waals surface area (Å²) >= 11 is 0. The van der Waals surface area contributed by atoms with Gasteiger partial charge in [-0.2, -0.15) is 0 Å². The van der Waals surface area contributed by atoms with Gasteiger partial charge in [0.25, 0.3) is 0 Å². The number of anilines is 5. The molecule has 0 radical (unpaired) electrons. The number of nitrogens with zero attached hydrogens (tertiary/aromatic N) is 3. The Morgan fingerprint density at radius 1 is 0.935 bits per heavy atom. The molecule has 0 unspecified atom stereocenters. The Hall–Kier alpha value is -3.68. The third kappa shape index (κ3) is 5.48. The van der Waals surface area contributed by atoms with Crippen LogP contribution in [0.4, 0.5) is 37.9 Å². The molecule has 3 N–H and O–H groups in total. The van der Waals surface area contributed by atoms with Gasteiger partial charge in [-0.3, -0.25) is 0 Å². The quantitative estimate of drug-likeness (QED) is 0.522. The molecule has 3 aromatic rings. The van der Waals surface area contributed by atoms with E-state index < -0.39 is 11.8 Å². The van der Waals surface area contributed by atoms with Gasteiger partial charge in [-0.25, -0.2) is 19.2 Å². The Labute approximate surface area is 180 Å². The maximum atomic E-state index is 13.7. The van der Waals surface area contributed by atoms with Crippen molar-refractivity contribution in [1.29, 1.82) is 0 Å². The second-order valence-electron chi connectivity index (χ2n) is 7.47.